The van der Waals surface area contributed by atoms with E-state index in [2.05, 4.69) is 21.4 Å². The van der Waals surface area contributed by atoms with Crippen LogP contribution in [-0.2, 0) is 12.6 Å². The summed E-state index contributed by atoms with van der Waals surface area (Å²) in [6.45, 7) is 0.737. The Morgan fingerprint density at radius 2 is 1.79 bits per heavy atom. The summed E-state index contributed by atoms with van der Waals surface area (Å²) in [5.41, 5.74) is 1.83. The molecule has 1 amide bonds. The van der Waals surface area contributed by atoms with Crippen LogP contribution in [0.3, 0.4) is 0 Å². The van der Waals surface area contributed by atoms with E-state index in [9.17, 15) is 18.0 Å². The van der Waals surface area contributed by atoms with Gasteiger partial charge in [0.15, 0.2) is 0 Å². The minimum atomic E-state index is -4.42. The molecule has 3 aromatic rings. The number of halogens is 3. The maximum Gasteiger partial charge on any atom is 0.416 e. The molecule has 0 spiro atoms. The second kappa shape index (κ2) is 7.54. The highest BCUT2D eigenvalue weighted by Gasteiger charge is 2.30. The van der Waals surface area contributed by atoms with Crippen LogP contribution in [0.1, 0.15) is 28.0 Å². The molecule has 1 aromatic heterocycles. The Balaban J connectivity index is 1.54. The van der Waals surface area contributed by atoms with E-state index in [1.165, 1.54) is 30.0 Å². The predicted molar refractivity (Wildman–Crippen MR) is 103 cm³/mol. The molecule has 2 aromatic carbocycles. The molecule has 0 saturated carbocycles. The van der Waals surface area contributed by atoms with Gasteiger partial charge in [0.1, 0.15) is 5.69 Å². The van der Waals surface area contributed by atoms with Crippen LogP contribution in [0.15, 0.2) is 60.8 Å². The normalized spacial score (nSPS) is 13.7. The molecule has 2 heterocycles. The van der Waals surface area contributed by atoms with Gasteiger partial charge in [0, 0.05) is 24.1 Å². The van der Waals surface area contributed by atoms with Gasteiger partial charge in [0.2, 0.25) is 5.95 Å². The van der Waals surface area contributed by atoms with E-state index in [0.29, 0.717) is 5.95 Å². The fourth-order valence-electron chi connectivity index (χ4n) is 3.28. The van der Waals surface area contributed by atoms with E-state index in [0.717, 1.165) is 37.2 Å². The molecule has 1 aliphatic rings. The average Bonchev–Trinajstić information content (AvgIpc) is 2.73. The van der Waals surface area contributed by atoms with Crippen molar-refractivity contribution in [1.29, 1.82) is 0 Å². The van der Waals surface area contributed by atoms with E-state index in [4.69, 9.17) is 0 Å². The van der Waals surface area contributed by atoms with Crippen LogP contribution in [0.5, 0.6) is 0 Å². The number of carbonyl (C=O) groups is 1. The Kier molecular flexibility index (Phi) is 4.92. The third-order valence-electron chi connectivity index (χ3n) is 4.70. The molecular weight excluding hydrogens is 381 g/mol. The minimum absolute atomic E-state index is 0.137. The number of alkyl halides is 3. The number of hydrogen-bond donors (Lipinski definition) is 1. The summed E-state index contributed by atoms with van der Waals surface area (Å²) in [5.74, 6) is -0.101. The van der Waals surface area contributed by atoms with Crippen LogP contribution < -0.4 is 10.2 Å². The first kappa shape index (κ1) is 18.9. The second-order valence-corrected chi connectivity index (χ2v) is 6.66. The quantitative estimate of drug-likeness (QED) is 0.687. The predicted octanol–water partition coefficient (Wildman–Crippen LogP) is 4.83. The molecule has 0 unspecified atom stereocenters. The molecule has 1 N–H and O–H groups in total. The topological polar surface area (TPSA) is 58.1 Å². The van der Waals surface area contributed by atoms with Crippen LogP contribution in [0.4, 0.5) is 30.5 Å². The number of anilines is 3. The lowest BCUT2D eigenvalue weighted by Gasteiger charge is -2.29. The SMILES string of the molecule is O=C(Nc1ccc(C(F)(F)F)cc1)c1ccnc(N2CCCc3ccccc32)n1. The van der Waals surface area contributed by atoms with Gasteiger partial charge in [-0.3, -0.25) is 4.79 Å². The first-order valence-electron chi connectivity index (χ1n) is 9.09. The van der Waals surface area contributed by atoms with Crippen molar-refractivity contribution in [3.05, 3.63) is 77.6 Å². The van der Waals surface area contributed by atoms with Crippen molar-refractivity contribution >= 4 is 23.2 Å². The summed E-state index contributed by atoms with van der Waals surface area (Å²) < 4.78 is 38.0. The lowest BCUT2D eigenvalue weighted by atomic mass is 10.0. The fraction of sp³-hybridized carbons (Fsp3) is 0.190. The molecule has 5 nitrogen and oxygen atoms in total. The van der Waals surface area contributed by atoms with Crippen molar-refractivity contribution < 1.29 is 18.0 Å². The summed E-state index contributed by atoms with van der Waals surface area (Å²) in [5, 5.41) is 2.57. The number of rotatable bonds is 3. The third kappa shape index (κ3) is 4.06. The van der Waals surface area contributed by atoms with Gasteiger partial charge < -0.3 is 10.2 Å². The molecular formula is C21H17F3N4O. The molecule has 29 heavy (non-hydrogen) atoms. The molecule has 0 aliphatic carbocycles. The number of aryl methyl sites for hydroxylation is 1. The van der Waals surface area contributed by atoms with Gasteiger partial charge in [-0.2, -0.15) is 13.2 Å². The highest BCUT2D eigenvalue weighted by molar-refractivity contribution is 6.03. The summed E-state index contributed by atoms with van der Waals surface area (Å²) in [7, 11) is 0. The van der Waals surface area contributed by atoms with Crippen LogP contribution in [0.2, 0.25) is 0 Å². The summed E-state index contributed by atoms with van der Waals surface area (Å²) in [6.07, 6.45) is -1.00. The van der Waals surface area contributed by atoms with Crippen molar-refractivity contribution in [1.82, 2.24) is 9.97 Å². The summed E-state index contributed by atoms with van der Waals surface area (Å²) in [6, 6.07) is 13.7. The Labute approximate surface area is 165 Å². The van der Waals surface area contributed by atoms with Crippen molar-refractivity contribution in [2.24, 2.45) is 0 Å². The van der Waals surface area contributed by atoms with E-state index in [-0.39, 0.29) is 11.4 Å². The minimum Gasteiger partial charge on any atom is -0.321 e. The van der Waals surface area contributed by atoms with Crippen LogP contribution >= 0.6 is 0 Å². The second-order valence-electron chi connectivity index (χ2n) is 6.66. The molecule has 4 rings (SSSR count). The first-order chi connectivity index (χ1) is 13.9. The van der Waals surface area contributed by atoms with Crippen molar-refractivity contribution in [3.8, 4) is 0 Å². The van der Waals surface area contributed by atoms with E-state index in [1.54, 1.807) is 0 Å². The third-order valence-corrected chi connectivity index (χ3v) is 4.70. The monoisotopic (exact) mass is 398 g/mol. The molecule has 0 saturated heterocycles. The fourth-order valence-corrected chi connectivity index (χ4v) is 3.28. The maximum atomic E-state index is 12.7. The van der Waals surface area contributed by atoms with Crippen molar-refractivity contribution in [2.45, 2.75) is 19.0 Å². The van der Waals surface area contributed by atoms with Crippen LogP contribution in [0, 0.1) is 0 Å². The number of nitrogens with one attached hydrogen (secondary N) is 1. The standard InChI is InChI=1S/C21H17F3N4O/c22-21(23,24)15-7-9-16(10-8-15)26-19(29)17-11-12-25-20(27-17)28-13-3-5-14-4-1-2-6-18(14)28/h1-2,4,6-12H,3,5,13H2,(H,26,29). The lowest BCUT2D eigenvalue weighted by Crippen LogP contribution is -2.27. The van der Waals surface area contributed by atoms with E-state index in [1.807, 2.05) is 23.1 Å². The van der Waals surface area contributed by atoms with Crippen molar-refractivity contribution in [2.75, 3.05) is 16.8 Å². The molecule has 148 valence electrons. The number of aromatic nitrogens is 2. The molecule has 0 atom stereocenters. The van der Waals surface area contributed by atoms with Crippen molar-refractivity contribution in [3.63, 3.8) is 0 Å². The largest absolute Gasteiger partial charge is 0.416 e. The van der Waals surface area contributed by atoms with E-state index >= 15 is 0 Å². The van der Waals surface area contributed by atoms with Crippen LogP contribution in [-0.4, -0.2) is 22.4 Å². The molecule has 8 heteroatoms. The smallest absolute Gasteiger partial charge is 0.321 e. The van der Waals surface area contributed by atoms with Crippen LogP contribution in [0.25, 0.3) is 0 Å². The Morgan fingerprint density at radius 1 is 1.03 bits per heavy atom. The number of benzene rings is 2. The van der Waals surface area contributed by atoms with Gasteiger partial charge in [-0.1, -0.05) is 18.2 Å². The first-order valence-corrected chi connectivity index (χ1v) is 9.09. The summed E-state index contributed by atoms with van der Waals surface area (Å²) >= 11 is 0. The zero-order valence-corrected chi connectivity index (χ0v) is 15.3. The molecule has 0 bridgehead atoms. The van der Waals surface area contributed by atoms with Gasteiger partial charge in [0.05, 0.1) is 5.56 Å². The number of para-hydroxylation sites is 1. The van der Waals surface area contributed by atoms with Gasteiger partial charge in [-0.15, -0.1) is 0 Å². The Morgan fingerprint density at radius 3 is 2.55 bits per heavy atom. The van der Waals surface area contributed by atoms with Gasteiger partial charge in [-0.05, 0) is 54.8 Å². The molecule has 0 radical (unpaired) electrons. The summed E-state index contributed by atoms with van der Waals surface area (Å²) in [4.78, 5) is 23.2. The number of nitrogens with zero attached hydrogens (tertiary/aromatic N) is 3. The number of amides is 1. The lowest BCUT2D eigenvalue weighted by molar-refractivity contribution is -0.137. The number of carbonyl (C=O) groups excluding carboxylic acids is 1. The number of fused-ring (bicyclic) bond motifs is 1. The van der Waals surface area contributed by atoms with Gasteiger partial charge >= 0.3 is 6.18 Å². The zero-order chi connectivity index (χ0) is 20.4. The maximum absolute atomic E-state index is 12.7. The Hall–Kier alpha value is -3.42. The highest BCUT2D eigenvalue weighted by atomic mass is 19.4. The highest BCUT2D eigenvalue weighted by Crippen LogP contribution is 2.32. The molecule has 0 fully saturated rings. The Bertz CT molecular complexity index is 1030. The van der Waals surface area contributed by atoms with Gasteiger partial charge in [0.25, 0.3) is 5.91 Å². The van der Waals surface area contributed by atoms with Gasteiger partial charge in [-0.25, -0.2) is 9.97 Å². The van der Waals surface area contributed by atoms with E-state index < -0.39 is 17.6 Å². The molecule has 1 aliphatic heterocycles. The average molecular weight is 398 g/mol. The number of hydrogen-bond acceptors (Lipinski definition) is 4. The zero-order valence-electron chi connectivity index (χ0n) is 15.3.